The van der Waals surface area contributed by atoms with E-state index in [1.165, 1.54) is 0 Å². The maximum Gasteiger partial charge on any atom is 0.144 e. The zero-order valence-electron chi connectivity index (χ0n) is 10.1. The summed E-state index contributed by atoms with van der Waals surface area (Å²) in [4.78, 5) is 0. The summed E-state index contributed by atoms with van der Waals surface area (Å²) in [5.74, 6) is 0.554. The van der Waals surface area contributed by atoms with Crippen molar-refractivity contribution in [1.29, 1.82) is 0 Å². The van der Waals surface area contributed by atoms with Crippen LogP contribution in [0.4, 0.5) is 0 Å². The van der Waals surface area contributed by atoms with Gasteiger partial charge in [0, 0.05) is 5.56 Å². The predicted molar refractivity (Wildman–Crippen MR) is 73.1 cm³/mol. The van der Waals surface area contributed by atoms with Crippen molar-refractivity contribution in [1.82, 2.24) is 0 Å². The van der Waals surface area contributed by atoms with E-state index in [1.54, 1.807) is 6.07 Å². The summed E-state index contributed by atoms with van der Waals surface area (Å²) < 4.78 is 5.52. The molecule has 0 aromatic heterocycles. The van der Waals surface area contributed by atoms with E-state index < -0.39 is 6.10 Å². The molecule has 0 heterocycles. The minimum Gasteiger partial charge on any atom is -0.492 e. The Morgan fingerprint density at radius 1 is 1.11 bits per heavy atom. The first-order valence-electron chi connectivity index (χ1n) is 5.88. The predicted octanol–water partition coefficient (Wildman–Crippen LogP) is 3.82. The standard InChI is InChI=1S/C15H15ClO2/c1-2-18-15-12(9-6-10-13(15)16)14(17)11-7-4-3-5-8-11/h3-10,14,17H,2H2,1H3. The van der Waals surface area contributed by atoms with Gasteiger partial charge in [0.15, 0.2) is 0 Å². The van der Waals surface area contributed by atoms with Gasteiger partial charge in [-0.1, -0.05) is 54.1 Å². The van der Waals surface area contributed by atoms with Crippen molar-refractivity contribution in [3.8, 4) is 5.75 Å². The van der Waals surface area contributed by atoms with Gasteiger partial charge < -0.3 is 9.84 Å². The summed E-state index contributed by atoms with van der Waals surface area (Å²) in [5, 5.41) is 10.9. The van der Waals surface area contributed by atoms with Crippen LogP contribution in [0.25, 0.3) is 0 Å². The van der Waals surface area contributed by atoms with Gasteiger partial charge in [-0.2, -0.15) is 0 Å². The van der Waals surface area contributed by atoms with E-state index in [4.69, 9.17) is 16.3 Å². The molecule has 0 spiro atoms. The molecule has 0 aliphatic rings. The largest absolute Gasteiger partial charge is 0.492 e. The Kier molecular flexibility index (Phi) is 4.24. The van der Waals surface area contributed by atoms with Gasteiger partial charge in [0.2, 0.25) is 0 Å². The van der Waals surface area contributed by atoms with Crippen molar-refractivity contribution in [2.24, 2.45) is 0 Å². The molecule has 2 nitrogen and oxygen atoms in total. The number of halogens is 1. The van der Waals surface area contributed by atoms with E-state index in [2.05, 4.69) is 0 Å². The molecule has 1 unspecified atom stereocenters. The Bertz CT molecular complexity index is 511. The van der Waals surface area contributed by atoms with Gasteiger partial charge in [0.25, 0.3) is 0 Å². The zero-order chi connectivity index (χ0) is 13.0. The lowest BCUT2D eigenvalue weighted by molar-refractivity contribution is 0.212. The molecule has 94 valence electrons. The average Bonchev–Trinajstić information content (AvgIpc) is 2.41. The molecule has 1 N–H and O–H groups in total. The third kappa shape index (κ3) is 2.66. The zero-order valence-corrected chi connectivity index (χ0v) is 10.9. The van der Waals surface area contributed by atoms with Crippen LogP contribution in [0, 0.1) is 0 Å². The topological polar surface area (TPSA) is 29.5 Å². The molecule has 18 heavy (non-hydrogen) atoms. The normalized spacial score (nSPS) is 12.2. The molecule has 2 rings (SSSR count). The number of aliphatic hydroxyl groups excluding tert-OH is 1. The summed E-state index contributed by atoms with van der Waals surface area (Å²) in [6.07, 6.45) is -0.730. The molecule has 0 saturated carbocycles. The van der Waals surface area contributed by atoms with E-state index in [0.29, 0.717) is 22.9 Å². The molecular formula is C15H15ClO2. The second kappa shape index (κ2) is 5.89. The van der Waals surface area contributed by atoms with Crippen LogP contribution in [-0.4, -0.2) is 11.7 Å². The van der Waals surface area contributed by atoms with Crippen LogP contribution in [0.2, 0.25) is 5.02 Å². The Labute approximate surface area is 112 Å². The maximum absolute atomic E-state index is 10.4. The van der Waals surface area contributed by atoms with Crippen molar-refractivity contribution in [3.63, 3.8) is 0 Å². The second-order valence-corrected chi connectivity index (χ2v) is 4.31. The second-order valence-electron chi connectivity index (χ2n) is 3.90. The SMILES string of the molecule is CCOc1c(Cl)cccc1C(O)c1ccccc1. The van der Waals surface area contributed by atoms with Crippen molar-refractivity contribution >= 4 is 11.6 Å². The molecule has 2 aromatic carbocycles. The van der Waals surface area contributed by atoms with E-state index in [9.17, 15) is 5.11 Å². The number of hydrogen-bond acceptors (Lipinski definition) is 2. The van der Waals surface area contributed by atoms with Crippen molar-refractivity contribution in [2.45, 2.75) is 13.0 Å². The highest BCUT2D eigenvalue weighted by molar-refractivity contribution is 6.32. The third-order valence-corrected chi connectivity index (χ3v) is 2.99. The molecular weight excluding hydrogens is 248 g/mol. The summed E-state index contributed by atoms with van der Waals surface area (Å²) >= 11 is 6.10. The van der Waals surface area contributed by atoms with Crippen LogP contribution in [-0.2, 0) is 0 Å². The summed E-state index contributed by atoms with van der Waals surface area (Å²) in [7, 11) is 0. The molecule has 2 aromatic rings. The minimum absolute atomic E-state index is 0.512. The van der Waals surface area contributed by atoms with E-state index in [0.717, 1.165) is 5.56 Å². The molecule has 0 aliphatic carbocycles. The first kappa shape index (κ1) is 12.9. The van der Waals surface area contributed by atoms with Crippen LogP contribution in [0.15, 0.2) is 48.5 Å². The lowest BCUT2D eigenvalue weighted by atomic mass is 10.0. The van der Waals surface area contributed by atoms with Gasteiger partial charge in [-0.3, -0.25) is 0 Å². The van der Waals surface area contributed by atoms with Gasteiger partial charge in [0.1, 0.15) is 11.9 Å². The fraction of sp³-hybridized carbons (Fsp3) is 0.200. The first-order chi connectivity index (χ1) is 8.74. The van der Waals surface area contributed by atoms with Gasteiger partial charge in [0.05, 0.1) is 11.6 Å². The number of ether oxygens (including phenoxy) is 1. The van der Waals surface area contributed by atoms with Crippen molar-refractivity contribution in [3.05, 3.63) is 64.7 Å². The Morgan fingerprint density at radius 2 is 1.83 bits per heavy atom. The van der Waals surface area contributed by atoms with Gasteiger partial charge in [-0.15, -0.1) is 0 Å². The number of rotatable bonds is 4. The van der Waals surface area contributed by atoms with Crippen LogP contribution in [0.1, 0.15) is 24.2 Å². The Hall–Kier alpha value is -1.51. The highest BCUT2D eigenvalue weighted by Crippen LogP contribution is 2.35. The summed E-state index contributed by atoms with van der Waals surface area (Å²) in [6, 6.07) is 14.8. The van der Waals surface area contributed by atoms with E-state index in [-0.39, 0.29) is 0 Å². The van der Waals surface area contributed by atoms with Gasteiger partial charge >= 0.3 is 0 Å². The Balaban J connectivity index is 2.41. The minimum atomic E-state index is -0.730. The quantitative estimate of drug-likeness (QED) is 0.908. The molecule has 1 atom stereocenters. The van der Waals surface area contributed by atoms with Crippen molar-refractivity contribution in [2.75, 3.05) is 6.61 Å². The third-order valence-electron chi connectivity index (χ3n) is 2.70. The molecule has 0 fully saturated rings. The number of hydrogen-bond donors (Lipinski definition) is 1. The molecule has 0 aliphatic heterocycles. The fourth-order valence-corrected chi connectivity index (χ4v) is 2.09. The summed E-state index contributed by atoms with van der Waals surface area (Å²) in [6.45, 7) is 2.40. The molecule has 0 saturated heterocycles. The van der Waals surface area contributed by atoms with Crippen LogP contribution >= 0.6 is 11.6 Å². The van der Waals surface area contributed by atoms with Crippen LogP contribution in [0.3, 0.4) is 0 Å². The monoisotopic (exact) mass is 262 g/mol. The number of para-hydroxylation sites is 1. The first-order valence-corrected chi connectivity index (χ1v) is 6.26. The van der Waals surface area contributed by atoms with E-state index >= 15 is 0 Å². The molecule has 0 radical (unpaired) electrons. The van der Waals surface area contributed by atoms with E-state index in [1.807, 2.05) is 49.4 Å². The molecule has 0 bridgehead atoms. The Morgan fingerprint density at radius 3 is 2.50 bits per heavy atom. The highest BCUT2D eigenvalue weighted by Gasteiger charge is 2.17. The number of aliphatic hydroxyl groups is 1. The maximum atomic E-state index is 10.4. The highest BCUT2D eigenvalue weighted by atomic mass is 35.5. The number of benzene rings is 2. The lowest BCUT2D eigenvalue weighted by Gasteiger charge is -2.17. The smallest absolute Gasteiger partial charge is 0.144 e. The lowest BCUT2D eigenvalue weighted by Crippen LogP contribution is -2.04. The molecule has 0 amide bonds. The van der Waals surface area contributed by atoms with Crippen LogP contribution < -0.4 is 4.74 Å². The fourth-order valence-electron chi connectivity index (χ4n) is 1.85. The van der Waals surface area contributed by atoms with Gasteiger partial charge in [-0.25, -0.2) is 0 Å². The van der Waals surface area contributed by atoms with Crippen molar-refractivity contribution < 1.29 is 9.84 Å². The van der Waals surface area contributed by atoms with Crippen LogP contribution in [0.5, 0.6) is 5.75 Å². The van der Waals surface area contributed by atoms with Gasteiger partial charge in [-0.05, 0) is 18.6 Å². The average molecular weight is 263 g/mol. The summed E-state index contributed by atoms with van der Waals surface area (Å²) in [5.41, 5.74) is 1.51. The molecule has 3 heteroatoms.